The molecule has 27 heteroatoms. The summed E-state index contributed by atoms with van der Waals surface area (Å²) in [6.07, 6.45) is 2.60. The van der Waals surface area contributed by atoms with Gasteiger partial charge in [0.05, 0.1) is 12.7 Å². The summed E-state index contributed by atoms with van der Waals surface area (Å²) in [6.45, 7) is 1.31. The average molecular weight is 815 g/mol. The molecule has 1 amide bonds. The highest BCUT2D eigenvalue weighted by Crippen LogP contribution is 1.98. The number of hydrogen-bond acceptors (Lipinski definition) is 18. The normalized spacial score (nSPS) is 13.5. The van der Waals surface area contributed by atoms with Gasteiger partial charge in [-0.05, 0) is 44.6 Å². The number of thiol groups is 1. The molecular formula is C26H58N10O15S2. The molecule has 0 saturated heterocycles. The summed E-state index contributed by atoms with van der Waals surface area (Å²) in [7, 11) is 0. The molecule has 0 fully saturated rings. The first-order chi connectivity index (χ1) is 24.2. The maximum Gasteiger partial charge on any atom is 0.323 e. The van der Waals surface area contributed by atoms with Crippen LogP contribution in [0.1, 0.15) is 39.0 Å². The van der Waals surface area contributed by atoms with Crippen LogP contribution in [0.2, 0.25) is 0 Å². The third-order valence-electron chi connectivity index (χ3n) is 5.13. The first-order valence-electron chi connectivity index (χ1n) is 14.8. The summed E-state index contributed by atoms with van der Waals surface area (Å²) in [5, 5.41) is 74.7. The highest BCUT2D eigenvalue weighted by molar-refractivity contribution is 7.98. The lowest BCUT2D eigenvalue weighted by Gasteiger charge is -2.06. The number of carbonyl (C=O) groups is 7. The van der Waals surface area contributed by atoms with Crippen LogP contribution in [0, 0.1) is 5.41 Å². The Morgan fingerprint density at radius 2 is 1.06 bits per heavy atom. The summed E-state index contributed by atoms with van der Waals surface area (Å²) < 4.78 is 0. The number of primary amides is 1. The molecule has 7 atom stereocenters. The van der Waals surface area contributed by atoms with Crippen LogP contribution < -0.4 is 51.2 Å². The molecule has 0 aromatic heterocycles. The van der Waals surface area contributed by atoms with E-state index in [0.717, 1.165) is 5.75 Å². The number of nitrogens with one attached hydrogen (secondary N) is 2. The topological polar surface area (TPSA) is 525 Å². The fraction of sp³-hybridized carbons (Fsp3) is 0.692. The molecule has 7 unspecified atom stereocenters. The van der Waals surface area contributed by atoms with E-state index in [4.69, 9.17) is 92.1 Å². The van der Waals surface area contributed by atoms with Crippen LogP contribution >= 0.6 is 24.4 Å². The van der Waals surface area contributed by atoms with E-state index in [2.05, 4.69) is 17.9 Å². The van der Waals surface area contributed by atoms with Crippen molar-refractivity contribution in [1.29, 1.82) is 5.41 Å². The van der Waals surface area contributed by atoms with Gasteiger partial charge in [0.15, 0.2) is 5.96 Å². The maximum atomic E-state index is 10.2. The quantitative estimate of drug-likeness (QED) is 0.0250. The van der Waals surface area contributed by atoms with E-state index in [9.17, 15) is 33.6 Å². The lowest BCUT2D eigenvalue weighted by molar-refractivity contribution is -0.141. The standard InChI is InChI=1S/C6H14N4O2.C5H10N2O3.C5H11NO2S.C4H9NO3.C3H7NO3.C3H7NO2S/c7-4(5(11)12)2-1-3-10-6(8)9;6-3(5(9)10)1-2-4(7)8;1-9-3-2-4(6)5(7)8;1-2(6)3(5)4(7)8;4-2(1-5)3(6)7;4-2(1-7)3(5)6/h4H,1-3,7H2,(H,11,12)(H4,8,9,10);3H,1-2,6H2,(H2,7,8)(H,9,10);4H,2-3,6H2,1H3,(H,7,8);2-3,6H,5H2,1H3,(H,7,8);2,5H,1,4H2,(H,6,7);2,7H,1,4H2,(H,5,6). The van der Waals surface area contributed by atoms with Crippen molar-refractivity contribution in [3.63, 3.8) is 0 Å². The number of carbonyl (C=O) groups excluding carboxylic acids is 1. The summed E-state index contributed by atoms with van der Waals surface area (Å²) >= 11 is 5.25. The van der Waals surface area contributed by atoms with Gasteiger partial charge in [0.1, 0.15) is 36.3 Å². The van der Waals surface area contributed by atoms with Gasteiger partial charge in [0, 0.05) is 18.7 Å². The molecule has 0 aliphatic heterocycles. The van der Waals surface area contributed by atoms with E-state index in [0.29, 0.717) is 25.8 Å². The molecule has 0 saturated carbocycles. The van der Waals surface area contributed by atoms with Crippen LogP contribution in [0.5, 0.6) is 0 Å². The third-order valence-corrected chi connectivity index (χ3v) is 6.16. The summed E-state index contributed by atoms with van der Waals surface area (Å²) in [5.41, 5.74) is 39.8. The van der Waals surface area contributed by atoms with Crippen LogP contribution in [0.4, 0.5) is 0 Å². The highest BCUT2D eigenvalue weighted by atomic mass is 32.2. The minimum absolute atomic E-state index is 0.0213. The zero-order valence-corrected chi connectivity index (χ0v) is 31.0. The number of aliphatic carboxylic acids is 6. The second-order valence-corrected chi connectivity index (χ2v) is 11.3. The van der Waals surface area contributed by atoms with Gasteiger partial charge in [-0.1, -0.05) is 0 Å². The Bertz CT molecular complexity index is 1050. The number of carboxylic acids is 6. The molecule has 0 radical (unpaired) electrons. The second kappa shape index (κ2) is 39.2. The van der Waals surface area contributed by atoms with E-state index in [1.807, 2.05) is 6.26 Å². The number of aliphatic hydroxyl groups excluding tert-OH is 2. The van der Waals surface area contributed by atoms with Crippen LogP contribution in [-0.4, -0.2) is 162 Å². The Morgan fingerprint density at radius 1 is 0.679 bits per heavy atom. The van der Waals surface area contributed by atoms with E-state index in [1.54, 1.807) is 11.8 Å². The van der Waals surface area contributed by atoms with Crippen molar-refractivity contribution in [1.82, 2.24) is 5.32 Å². The first-order valence-corrected chi connectivity index (χ1v) is 16.9. The molecule has 0 aromatic rings. The molecule has 0 aromatic carbocycles. The van der Waals surface area contributed by atoms with Crippen molar-refractivity contribution in [3.8, 4) is 0 Å². The molecule has 0 bridgehead atoms. The van der Waals surface area contributed by atoms with Crippen LogP contribution in [0.3, 0.4) is 0 Å². The van der Waals surface area contributed by atoms with Gasteiger partial charge in [-0.15, -0.1) is 0 Å². The second-order valence-electron chi connectivity index (χ2n) is 9.96. The Kier molecular flexibility index (Phi) is 45.1. The summed E-state index contributed by atoms with van der Waals surface area (Å²) in [6, 6.07) is -5.58. The Labute approximate surface area is 315 Å². The van der Waals surface area contributed by atoms with Crippen molar-refractivity contribution in [3.05, 3.63) is 0 Å². The number of guanidine groups is 1. The van der Waals surface area contributed by atoms with Crippen LogP contribution in [0.15, 0.2) is 0 Å². The number of carboxylic acid groups (broad SMARTS) is 6. The van der Waals surface area contributed by atoms with Gasteiger partial charge >= 0.3 is 35.8 Å². The van der Waals surface area contributed by atoms with Crippen LogP contribution in [0.25, 0.3) is 0 Å². The maximum absolute atomic E-state index is 10.2. The van der Waals surface area contributed by atoms with E-state index < -0.39 is 90.7 Å². The smallest absolute Gasteiger partial charge is 0.323 e. The molecule has 53 heavy (non-hydrogen) atoms. The van der Waals surface area contributed by atoms with Gasteiger partial charge in [-0.3, -0.25) is 39.0 Å². The number of aliphatic hydroxyl groups is 2. The molecule has 25 nitrogen and oxygen atoms in total. The zero-order valence-electron chi connectivity index (χ0n) is 29.3. The lowest BCUT2D eigenvalue weighted by Crippen LogP contribution is -2.39. The van der Waals surface area contributed by atoms with E-state index >= 15 is 0 Å². The molecule has 0 rings (SSSR count). The minimum atomic E-state index is -1.18. The Balaban J connectivity index is -0.000000126. The average Bonchev–Trinajstić information content (AvgIpc) is 3.07. The molecule has 0 aliphatic carbocycles. The van der Waals surface area contributed by atoms with E-state index in [-0.39, 0.29) is 24.6 Å². The fourth-order valence-electron chi connectivity index (χ4n) is 1.82. The predicted octanol–water partition coefficient (Wildman–Crippen LogP) is -6.03. The molecule has 26 N–H and O–H groups in total. The Morgan fingerprint density at radius 3 is 1.26 bits per heavy atom. The minimum Gasteiger partial charge on any atom is -0.480 e. The molecular weight excluding hydrogens is 756 g/mol. The third kappa shape index (κ3) is 52.4. The van der Waals surface area contributed by atoms with Gasteiger partial charge in [0.2, 0.25) is 5.91 Å². The lowest BCUT2D eigenvalue weighted by atomic mass is 10.2. The number of thioether (sulfide) groups is 1. The first kappa shape index (κ1) is 61.0. The van der Waals surface area contributed by atoms with Gasteiger partial charge in [0.25, 0.3) is 0 Å². The summed E-state index contributed by atoms with van der Waals surface area (Å²) in [5.74, 6) is -6.03. The number of hydrogen-bond donors (Lipinski definition) is 19. The highest BCUT2D eigenvalue weighted by Gasteiger charge is 2.16. The van der Waals surface area contributed by atoms with Crippen molar-refractivity contribution >= 4 is 72.1 Å². The number of rotatable bonds is 19. The molecule has 0 aliphatic rings. The molecule has 0 spiro atoms. The monoisotopic (exact) mass is 814 g/mol. The van der Waals surface area contributed by atoms with Crippen molar-refractivity contribution in [2.45, 2.75) is 81.4 Å². The fourth-order valence-corrected chi connectivity index (χ4v) is 2.47. The van der Waals surface area contributed by atoms with Crippen molar-refractivity contribution in [2.75, 3.05) is 30.9 Å². The number of amides is 1. The van der Waals surface area contributed by atoms with Crippen molar-refractivity contribution in [2.24, 2.45) is 45.9 Å². The SMILES string of the molecule is CC(O)C(N)C(=O)O.CSCCC(N)C(=O)O.N=C(N)NCCCC(N)C(=O)O.NC(=O)CCC(N)C(=O)O.NC(CO)C(=O)O.NC(CS)C(=O)O. The number of nitrogens with two attached hydrogens (primary N) is 8. The zero-order chi connectivity index (χ0) is 43.4. The largest absolute Gasteiger partial charge is 0.480 e. The van der Waals surface area contributed by atoms with Gasteiger partial charge in [-0.25, -0.2) is 0 Å². The predicted molar refractivity (Wildman–Crippen MR) is 197 cm³/mol. The van der Waals surface area contributed by atoms with Gasteiger partial charge in [-0.2, -0.15) is 24.4 Å². The molecule has 0 heterocycles. The van der Waals surface area contributed by atoms with Gasteiger partial charge < -0.3 is 92.0 Å². The molecule has 314 valence electrons. The van der Waals surface area contributed by atoms with Crippen molar-refractivity contribution < 1.29 is 74.4 Å². The van der Waals surface area contributed by atoms with Crippen LogP contribution in [-0.2, 0) is 33.6 Å². The van der Waals surface area contributed by atoms with E-state index in [1.165, 1.54) is 6.92 Å². The Hall–Kier alpha value is -4.06. The summed E-state index contributed by atoms with van der Waals surface area (Å²) in [4.78, 5) is 69.7.